The number of rotatable bonds is 5. The van der Waals surface area contributed by atoms with Crippen molar-refractivity contribution in [2.24, 2.45) is 0 Å². The van der Waals surface area contributed by atoms with E-state index in [4.69, 9.17) is 9.47 Å². The highest BCUT2D eigenvalue weighted by molar-refractivity contribution is 5.41. The van der Waals surface area contributed by atoms with Gasteiger partial charge in [0.05, 0.1) is 6.10 Å². The zero-order chi connectivity index (χ0) is 13.0. The molecule has 2 rings (SSSR count). The monoisotopic (exact) mass is 250 g/mol. The topological polar surface area (TPSA) is 18.5 Å². The predicted octanol–water partition coefficient (Wildman–Crippen LogP) is 4.02. The first-order valence-corrected chi connectivity index (χ1v) is 6.42. The smallest absolute Gasteiger partial charge is 0.171 e. The van der Waals surface area contributed by atoms with Gasteiger partial charge in [0.1, 0.15) is 12.4 Å². The summed E-state index contributed by atoms with van der Waals surface area (Å²) >= 11 is 0. The van der Waals surface area contributed by atoms with Crippen LogP contribution in [0.1, 0.15) is 31.2 Å². The molecule has 0 aromatic heterocycles. The van der Waals surface area contributed by atoms with Crippen molar-refractivity contribution in [3.63, 3.8) is 0 Å². The summed E-state index contributed by atoms with van der Waals surface area (Å²) in [5.41, 5.74) is 0.493. The van der Waals surface area contributed by atoms with Gasteiger partial charge in [0.2, 0.25) is 0 Å². The lowest BCUT2D eigenvalue weighted by Gasteiger charge is -2.16. The summed E-state index contributed by atoms with van der Waals surface area (Å²) in [7, 11) is 0. The zero-order valence-corrected chi connectivity index (χ0v) is 10.7. The Labute approximate surface area is 107 Å². The molecule has 1 fully saturated rings. The summed E-state index contributed by atoms with van der Waals surface area (Å²) in [4.78, 5) is 0. The lowest BCUT2D eigenvalue weighted by atomic mass is 10.2. The van der Waals surface area contributed by atoms with Crippen molar-refractivity contribution in [3.05, 3.63) is 36.2 Å². The molecule has 0 amide bonds. The van der Waals surface area contributed by atoms with Crippen LogP contribution in [-0.2, 0) is 0 Å². The fourth-order valence-corrected chi connectivity index (χ4v) is 2.22. The Morgan fingerprint density at radius 3 is 2.67 bits per heavy atom. The van der Waals surface area contributed by atoms with Crippen molar-refractivity contribution in [2.75, 3.05) is 6.61 Å². The van der Waals surface area contributed by atoms with Gasteiger partial charge >= 0.3 is 0 Å². The molecule has 0 radical (unpaired) electrons. The van der Waals surface area contributed by atoms with Gasteiger partial charge in [-0.15, -0.1) is 0 Å². The van der Waals surface area contributed by atoms with Crippen molar-refractivity contribution >= 4 is 0 Å². The SMILES string of the molecule is C=CCOc1ccc(OC2CCCC2)c(F)c1C. The van der Waals surface area contributed by atoms with E-state index < -0.39 is 0 Å². The largest absolute Gasteiger partial charge is 0.489 e. The lowest BCUT2D eigenvalue weighted by Crippen LogP contribution is -2.12. The van der Waals surface area contributed by atoms with Gasteiger partial charge in [-0.2, -0.15) is 0 Å². The number of hydrogen-bond donors (Lipinski definition) is 0. The highest BCUT2D eigenvalue weighted by Crippen LogP contribution is 2.31. The van der Waals surface area contributed by atoms with Gasteiger partial charge in [-0.25, -0.2) is 4.39 Å². The molecule has 1 aromatic rings. The van der Waals surface area contributed by atoms with E-state index in [1.165, 1.54) is 12.8 Å². The van der Waals surface area contributed by atoms with E-state index in [1.54, 1.807) is 25.1 Å². The summed E-state index contributed by atoms with van der Waals surface area (Å²) in [6.45, 7) is 5.65. The molecule has 0 saturated heterocycles. The van der Waals surface area contributed by atoms with Crippen molar-refractivity contribution in [3.8, 4) is 11.5 Å². The van der Waals surface area contributed by atoms with Gasteiger partial charge in [0.15, 0.2) is 11.6 Å². The fraction of sp³-hybridized carbons (Fsp3) is 0.467. The van der Waals surface area contributed by atoms with Crippen LogP contribution in [0, 0.1) is 12.7 Å². The molecular weight excluding hydrogens is 231 g/mol. The first-order chi connectivity index (χ1) is 8.72. The quantitative estimate of drug-likeness (QED) is 0.735. The Morgan fingerprint density at radius 1 is 1.33 bits per heavy atom. The van der Waals surface area contributed by atoms with Gasteiger partial charge in [-0.3, -0.25) is 0 Å². The van der Waals surface area contributed by atoms with Crippen LogP contribution in [-0.4, -0.2) is 12.7 Å². The third-order valence-corrected chi connectivity index (χ3v) is 3.25. The molecular formula is C15H19FO2. The van der Waals surface area contributed by atoms with Crippen LogP contribution in [0.15, 0.2) is 24.8 Å². The lowest BCUT2D eigenvalue weighted by molar-refractivity contribution is 0.199. The molecule has 98 valence electrons. The number of hydrogen-bond acceptors (Lipinski definition) is 2. The van der Waals surface area contributed by atoms with E-state index in [0.29, 0.717) is 23.7 Å². The first-order valence-electron chi connectivity index (χ1n) is 6.42. The molecule has 0 bridgehead atoms. The predicted molar refractivity (Wildman–Crippen MR) is 69.7 cm³/mol. The molecule has 2 nitrogen and oxygen atoms in total. The Morgan fingerprint density at radius 2 is 2.00 bits per heavy atom. The first kappa shape index (κ1) is 12.9. The average molecular weight is 250 g/mol. The van der Waals surface area contributed by atoms with Crippen LogP contribution in [0.3, 0.4) is 0 Å². The number of halogens is 1. The van der Waals surface area contributed by atoms with Crippen LogP contribution in [0.5, 0.6) is 11.5 Å². The third kappa shape index (κ3) is 2.84. The second kappa shape index (κ2) is 5.89. The number of benzene rings is 1. The molecule has 1 aliphatic carbocycles. The summed E-state index contributed by atoms with van der Waals surface area (Å²) in [6, 6.07) is 3.41. The normalized spacial score (nSPS) is 15.7. The van der Waals surface area contributed by atoms with Crippen molar-refractivity contribution in [1.82, 2.24) is 0 Å². The maximum atomic E-state index is 14.1. The molecule has 1 aliphatic rings. The highest BCUT2D eigenvalue weighted by Gasteiger charge is 2.19. The fourth-order valence-electron chi connectivity index (χ4n) is 2.22. The van der Waals surface area contributed by atoms with E-state index in [2.05, 4.69) is 6.58 Å². The molecule has 0 spiro atoms. The molecule has 0 aliphatic heterocycles. The van der Waals surface area contributed by atoms with Gasteiger partial charge in [-0.05, 0) is 44.7 Å². The summed E-state index contributed by atoms with van der Waals surface area (Å²) in [5, 5.41) is 0. The van der Waals surface area contributed by atoms with E-state index in [-0.39, 0.29) is 11.9 Å². The maximum Gasteiger partial charge on any atom is 0.171 e. The molecule has 0 N–H and O–H groups in total. The third-order valence-electron chi connectivity index (χ3n) is 3.25. The van der Waals surface area contributed by atoms with Crippen molar-refractivity contribution in [2.45, 2.75) is 38.7 Å². The van der Waals surface area contributed by atoms with Gasteiger partial charge in [0, 0.05) is 5.56 Å². The van der Waals surface area contributed by atoms with E-state index in [1.807, 2.05) is 0 Å². The molecule has 18 heavy (non-hydrogen) atoms. The van der Waals surface area contributed by atoms with Crippen LogP contribution in [0.25, 0.3) is 0 Å². The van der Waals surface area contributed by atoms with E-state index >= 15 is 0 Å². The second-order valence-corrected chi connectivity index (χ2v) is 4.62. The van der Waals surface area contributed by atoms with Crippen molar-refractivity contribution < 1.29 is 13.9 Å². The molecule has 0 atom stereocenters. The van der Waals surface area contributed by atoms with Gasteiger partial charge in [0.25, 0.3) is 0 Å². The summed E-state index contributed by atoms with van der Waals surface area (Å²) in [6.07, 6.45) is 6.19. The molecule has 1 aromatic carbocycles. The highest BCUT2D eigenvalue weighted by atomic mass is 19.1. The van der Waals surface area contributed by atoms with E-state index in [9.17, 15) is 4.39 Å². The van der Waals surface area contributed by atoms with Gasteiger partial charge < -0.3 is 9.47 Å². The van der Waals surface area contributed by atoms with Crippen molar-refractivity contribution in [1.29, 1.82) is 0 Å². The molecule has 1 saturated carbocycles. The minimum Gasteiger partial charge on any atom is -0.489 e. The second-order valence-electron chi connectivity index (χ2n) is 4.62. The Bertz CT molecular complexity index is 423. The van der Waals surface area contributed by atoms with Crippen LogP contribution >= 0.6 is 0 Å². The van der Waals surface area contributed by atoms with Crippen LogP contribution in [0.4, 0.5) is 4.39 Å². The molecule has 0 heterocycles. The minimum absolute atomic E-state index is 0.166. The van der Waals surface area contributed by atoms with Gasteiger partial charge in [-0.1, -0.05) is 12.7 Å². The standard InChI is InChI=1S/C15H19FO2/c1-3-10-17-13-8-9-14(15(16)11(13)2)18-12-6-4-5-7-12/h3,8-9,12H,1,4-7,10H2,2H3. The Kier molecular flexibility index (Phi) is 4.24. The van der Waals surface area contributed by atoms with Crippen LogP contribution in [0.2, 0.25) is 0 Å². The van der Waals surface area contributed by atoms with E-state index in [0.717, 1.165) is 12.8 Å². The Balaban J connectivity index is 2.11. The molecule has 3 heteroatoms. The minimum atomic E-state index is -0.316. The Hall–Kier alpha value is -1.51. The average Bonchev–Trinajstić information content (AvgIpc) is 2.87. The zero-order valence-electron chi connectivity index (χ0n) is 10.7. The number of ether oxygens (including phenoxy) is 2. The van der Waals surface area contributed by atoms with Crippen LogP contribution < -0.4 is 9.47 Å². The summed E-state index contributed by atoms with van der Waals surface area (Å²) in [5.74, 6) is 0.569. The molecule has 0 unspecified atom stereocenters. The maximum absolute atomic E-state index is 14.1. The summed E-state index contributed by atoms with van der Waals surface area (Å²) < 4.78 is 25.2.